The molecule has 184 valence electrons. The molecule has 11 heteroatoms. The summed E-state index contributed by atoms with van der Waals surface area (Å²) in [6, 6.07) is 6.34. The van der Waals surface area contributed by atoms with Gasteiger partial charge in [-0.25, -0.2) is 4.98 Å². The van der Waals surface area contributed by atoms with Gasteiger partial charge in [0.1, 0.15) is 5.56 Å². The fraction of sp³-hybridized carbons (Fsp3) is 0.333. The average Bonchev–Trinajstić information content (AvgIpc) is 3.44. The molecule has 1 N–H and O–H groups in total. The SMILES string of the molecule is CCOC(=O)CCc1c[nH]c2c(-c3noc(-c4cnc(OC(C)C)c(C(F)(F)F)c4)n3)cccc12. The van der Waals surface area contributed by atoms with Crippen molar-refractivity contribution < 1.29 is 32.0 Å². The summed E-state index contributed by atoms with van der Waals surface area (Å²) in [5, 5.41) is 4.83. The number of aromatic nitrogens is 4. The van der Waals surface area contributed by atoms with Crippen molar-refractivity contribution in [3.8, 4) is 28.7 Å². The molecule has 0 bridgehead atoms. The van der Waals surface area contributed by atoms with Crippen LogP contribution in [0.4, 0.5) is 13.2 Å². The first-order valence-corrected chi connectivity index (χ1v) is 11.0. The molecular formula is C24H23F3N4O4. The molecule has 0 amide bonds. The van der Waals surface area contributed by atoms with Crippen LogP contribution >= 0.6 is 0 Å². The maximum atomic E-state index is 13.6. The summed E-state index contributed by atoms with van der Waals surface area (Å²) in [4.78, 5) is 23.0. The maximum Gasteiger partial charge on any atom is 0.421 e. The summed E-state index contributed by atoms with van der Waals surface area (Å²) in [6.45, 7) is 5.31. The Morgan fingerprint density at radius 3 is 2.77 bits per heavy atom. The molecule has 0 aliphatic heterocycles. The number of para-hydroxylation sites is 1. The van der Waals surface area contributed by atoms with Crippen molar-refractivity contribution in [2.75, 3.05) is 6.61 Å². The van der Waals surface area contributed by atoms with Gasteiger partial charge in [0, 0.05) is 29.8 Å². The van der Waals surface area contributed by atoms with Crippen LogP contribution in [0.25, 0.3) is 33.7 Å². The molecule has 0 saturated heterocycles. The van der Waals surface area contributed by atoms with Gasteiger partial charge in [0.2, 0.25) is 11.7 Å². The lowest BCUT2D eigenvalue weighted by molar-refractivity contribution is -0.143. The van der Waals surface area contributed by atoms with E-state index in [0.29, 0.717) is 24.1 Å². The van der Waals surface area contributed by atoms with Gasteiger partial charge in [-0.15, -0.1) is 0 Å². The molecule has 0 atom stereocenters. The minimum absolute atomic E-state index is 0.0148. The molecule has 3 aromatic heterocycles. The number of benzene rings is 1. The monoisotopic (exact) mass is 488 g/mol. The standard InChI is InChI=1S/C24H23F3N4O4/c1-4-33-19(32)9-8-14-11-28-20-16(14)6-5-7-17(20)21-30-22(35-31-21)15-10-18(24(25,26)27)23(29-12-15)34-13(2)3/h5-7,10-13,28H,4,8-9H2,1-3H3. The molecule has 1 aromatic carbocycles. The van der Waals surface area contributed by atoms with Gasteiger partial charge in [-0.3, -0.25) is 4.79 Å². The Hall–Kier alpha value is -3.89. The molecule has 0 fully saturated rings. The van der Waals surface area contributed by atoms with E-state index in [0.717, 1.165) is 17.0 Å². The first-order chi connectivity index (χ1) is 16.7. The number of carbonyl (C=O) groups excluding carboxylic acids is 1. The number of rotatable bonds is 8. The molecule has 4 rings (SSSR count). The first-order valence-electron chi connectivity index (χ1n) is 11.0. The largest absolute Gasteiger partial charge is 0.475 e. The number of fused-ring (bicyclic) bond motifs is 1. The van der Waals surface area contributed by atoms with Crippen LogP contribution in [0.1, 0.15) is 38.3 Å². The maximum absolute atomic E-state index is 13.6. The number of halogens is 3. The van der Waals surface area contributed by atoms with Crippen LogP contribution in [-0.2, 0) is 22.1 Å². The lowest BCUT2D eigenvalue weighted by Gasteiger charge is -2.15. The van der Waals surface area contributed by atoms with Gasteiger partial charge in [0.25, 0.3) is 5.89 Å². The van der Waals surface area contributed by atoms with Gasteiger partial charge in [0.15, 0.2) is 0 Å². The van der Waals surface area contributed by atoms with Crippen molar-refractivity contribution in [1.29, 1.82) is 0 Å². The van der Waals surface area contributed by atoms with Crippen molar-refractivity contribution in [3.63, 3.8) is 0 Å². The fourth-order valence-electron chi connectivity index (χ4n) is 3.62. The number of pyridine rings is 1. The number of ether oxygens (including phenoxy) is 2. The normalized spacial score (nSPS) is 11.9. The van der Waals surface area contributed by atoms with E-state index in [2.05, 4.69) is 20.1 Å². The van der Waals surface area contributed by atoms with Crippen molar-refractivity contribution in [2.45, 2.75) is 45.9 Å². The summed E-state index contributed by atoms with van der Waals surface area (Å²) in [5.74, 6) is -0.708. The summed E-state index contributed by atoms with van der Waals surface area (Å²) in [5.41, 5.74) is 1.22. The summed E-state index contributed by atoms with van der Waals surface area (Å²) >= 11 is 0. The smallest absolute Gasteiger partial charge is 0.421 e. The van der Waals surface area contributed by atoms with Gasteiger partial charge in [0.05, 0.1) is 23.8 Å². The van der Waals surface area contributed by atoms with Crippen LogP contribution in [0, 0.1) is 0 Å². The summed E-state index contributed by atoms with van der Waals surface area (Å²) in [6.07, 6.45) is -1.44. The Morgan fingerprint density at radius 1 is 1.26 bits per heavy atom. The Bertz CT molecular complexity index is 1340. The predicted octanol–water partition coefficient (Wildman–Crippen LogP) is 5.58. The molecule has 0 radical (unpaired) electrons. The fourth-order valence-corrected chi connectivity index (χ4v) is 3.62. The zero-order chi connectivity index (χ0) is 25.2. The number of carbonyl (C=O) groups is 1. The molecule has 3 heterocycles. The van der Waals surface area contributed by atoms with Crippen LogP contribution in [0.2, 0.25) is 0 Å². The van der Waals surface area contributed by atoms with Crippen LogP contribution in [0.5, 0.6) is 5.88 Å². The molecule has 0 aliphatic carbocycles. The van der Waals surface area contributed by atoms with E-state index in [9.17, 15) is 18.0 Å². The van der Waals surface area contributed by atoms with Gasteiger partial charge in [-0.05, 0) is 44.9 Å². The Balaban J connectivity index is 1.65. The second-order valence-corrected chi connectivity index (χ2v) is 8.01. The Labute approximate surface area is 198 Å². The van der Waals surface area contributed by atoms with E-state index in [-0.39, 0.29) is 29.7 Å². The topological polar surface area (TPSA) is 103 Å². The third kappa shape index (κ3) is 5.28. The molecule has 35 heavy (non-hydrogen) atoms. The van der Waals surface area contributed by atoms with Crippen molar-refractivity contribution in [2.24, 2.45) is 0 Å². The molecule has 0 saturated carbocycles. The number of nitrogens with zero attached hydrogens (tertiary/aromatic N) is 3. The minimum Gasteiger partial charge on any atom is -0.475 e. The number of alkyl halides is 3. The van der Waals surface area contributed by atoms with Crippen molar-refractivity contribution in [3.05, 3.63) is 47.8 Å². The molecule has 4 aromatic rings. The molecule has 8 nitrogen and oxygen atoms in total. The lowest BCUT2D eigenvalue weighted by Crippen LogP contribution is -2.14. The number of esters is 1. The highest BCUT2D eigenvalue weighted by Gasteiger charge is 2.36. The Morgan fingerprint density at radius 2 is 2.06 bits per heavy atom. The van der Waals surface area contributed by atoms with Gasteiger partial charge in [-0.2, -0.15) is 18.2 Å². The molecule has 0 aliphatic rings. The number of aromatic amines is 1. The number of aryl methyl sites for hydroxylation is 1. The van der Waals surface area contributed by atoms with E-state index in [1.807, 2.05) is 6.07 Å². The highest BCUT2D eigenvalue weighted by Crippen LogP contribution is 2.38. The zero-order valence-corrected chi connectivity index (χ0v) is 19.3. The van der Waals surface area contributed by atoms with Crippen LogP contribution in [0.15, 0.2) is 41.2 Å². The third-order valence-corrected chi connectivity index (χ3v) is 5.12. The van der Waals surface area contributed by atoms with Gasteiger partial charge >= 0.3 is 12.1 Å². The van der Waals surface area contributed by atoms with Gasteiger partial charge < -0.3 is 19.0 Å². The van der Waals surface area contributed by atoms with E-state index in [4.69, 9.17) is 14.0 Å². The predicted molar refractivity (Wildman–Crippen MR) is 121 cm³/mol. The highest BCUT2D eigenvalue weighted by atomic mass is 19.4. The molecule has 0 spiro atoms. The minimum atomic E-state index is -4.67. The van der Waals surface area contributed by atoms with Crippen molar-refractivity contribution >= 4 is 16.9 Å². The number of hydrogen-bond acceptors (Lipinski definition) is 7. The zero-order valence-electron chi connectivity index (χ0n) is 19.3. The second kappa shape index (κ2) is 9.77. The van der Waals surface area contributed by atoms with Crippen LogP contribution in [-0.4, -0.2) is 38.8 Å². The first kappa shape index (κ1) is 24.2. The highest BCUT2D eigenvalue weighted by molar-refractivity contribution is 5.94. The second-order valence-electron chi connectivity index (χ2n) is 8.01. The van der Waals surface area contributed by atoms with Crippen LogP contribution in [0.3, 0.4) is 0 Å². The van der Waals surface area contributed by atoms with Gasteiger partial charge in [-0.1, -0.05) is 17.3 Å². The van der Waals surface area contributed by atoms with E-state index in [1.54, 1.807) is 39.1 Å². The summed E-state index contributed by atoms with van der Waals surface area (Å²) in [7, 11) is 0. The quantitative estimate of drug-likeness (QED) is 0.323. The average molecular weight is 488 g/mol. The third-order valence-electron chi connectivity index (χ3n) is 5.12. The summed E-state index contributed by atoms with van der Waals surface area (Å²) < 4.78 is 56.2. The molecule has 0 unspecified atom stereocenters. The van der Waals surface area contributed by atoms with Crippen LogP contribution < -0.4 is 4.74 Å². The van der Waals surface area contributed by atoms with E-state index < -0.39 is 23.7 Å². The van der Waals surface area contributed by atoms with Crippen molar-refractivity contribution in [1.82, 2.24) is 20.1 Å². The lowest BCUT2D eigenvalue weighted by atomic mass is 10.1. The number of hydrogen-bond donors (Lipinski definition) is 1. The van der Waals surface area contributed by atoms with E-state index in [1.165, 1.54) is 6.20 Å². The number of nitrogens with one attached hydrogen (secondary N) is 1. The molecular weight excluding hydrogens is 465 g/mol. The Kier molecular flexibility index (Phi) is 6.77. The number of H-pyrrole nitrogens is 1. The van der Waals surface area contributed by atoms with E-state index >= 15 is 0 Å².